The lowest BCUT2D eigenvalue weighted by molar-refractivity contribution is 0.114. The van der Waals surface area contributed by atoms with Crippen LogP contribution in [0.15, 0.2) is 24.3 Å². The molecule has 0 aromatic heterocycles. The summed E-state index contributed by atoms with van der Waals surface area (Å²) in [6.07, 6.45) is -0.484. The van der Waals surface area contributed by atoms with Crippen LogP contribution in [0.3, 0.4) is 0 Å². The molecule has 3 heteroatoms. The largest absolute Gasteiger partial charge is 0.395 e. The van der Waals surface area contributed by atoms with Crippen LogP contribution in [-0.2, 0) is 0 Å². The fourth-order valence-electron chi connectivity index (χ4n) is 1.62. The summed E-state index contributed by atoms with van der Waals surface area (Å²) in [5.41, 5.74) is 2.06. The molecule has 0 amide bonds. The molecule has 0 spiro atoms. The molecular formula is C12H19NO2. The van der Waals surface area contributed by atoms with E-state index in [4.69, 9.17) is 5.11 Å². The van der Waals surface area contributed by atoms with E-state index < -0.39 is 6.10 Å². The maximum absolute atomic E-state index is 9.98. The number of benzene rings is 1. The molecule has 1 rings (SSSR count). The second-order valence-electron chi connectivity index (χ2n) is 3.86. The van der Waals surface area contributed by atoms with E-state index >= 15 is 0 Å². The number of hydrogen-bond donors (Lipinski definition) is 2. The lowest BCUT2D eigenvalue weighted by atomic mass is 10.0. The molecule has 1 unspecified atom stereocenters. The van der Waals surface area contributed by atoms with Gasteiger partial charge in [0.2, 0.25) is 0 Å². The van der Waals surface area contributed by atoms with Gasteiger partial charge in [0.05, 0.1) is 12.7 Å². The summed E-state index contributed by atoms with van der Waals surface area (Å²) in [5.74, 6) is 0. The van der Waals surface area contributed by atoms with Crippen LogP contribution in [0.1, 0.15) is 17.2 Å². The van der Waals surface area contributed by atoms with Gasteiger partial charge in [0.15, 0.2) is 0 Å². The van der Waals surface area contributed by atoms with Gasteiger partial charge in [-0.1, -0.05) is 24.3 Å². The van der Waals surface area contributed by atoms with Crippen LogP contribution in [0.25, 0.3) is 0 Å². The Labute approximate surface area is 91.0 Å². The summed E-state index contributed by atoms with van der Waals surface area (Å²) >= 11 is 0. The Morgan fingerprint density at radius 3 is 2.60 bits per heavy atom. The summed E-state index contributed by atoms with van der Waals surface area (Å²) in [7, 11) is 1.89. The van der Waals surface area contributed by atoms with Crippen LogP contribution in [0, 0.1) is 6.92 Å². The van der Waals surface area contributed by atoms with Crippen LogP contribution in [0.2, 0.25) is 0 Å². The zero-order valence-electron chi connectivity index (χ0n) is 9.35. The second-order valence-corrected chi connectivity index (χ2v) is 3.86. The van der Waals surface area contributed by atoms with E-state index in [0.717, 1.165) is 11.1 Å². The van der Waals surface area contributed by atoms with Gasteiger partial charge in [0.1, 0.15) is 0 Å². The Morgan fingerprint density at radius 2 is 2.00 bits per heavy atom. The maximum atomic E-state index is 9.98. The molecule has 0 saturated carbocycles. The Balaban J connectivity index is 2.61. The number of rotatable bonds is 5. The predicted molar refractivity (Wildman–Crippen MR) is 60.7 cm³/mol. The first-order valence-electron chi connectivity index (χ1n) is 5.18. The molecular weight excluding hydrogens is 190 g/mol. The summed E-state index contributed by atoms with van der Waals surface area (Å²) < 4.78 is 0. The zero-order chi connectivity index (χ0) is 11.3. The molecule has 0 radical (unpaired) electrons. The van der Waals surface area contributed by atoms with Gasteiger partial charge >= 0.3 is 0 Å². The Kier molecular flexibility index (Phi) is 4.75. The van der Waals surface area contributed by atoms with E-state index in [0.29, 0.717) is 13.1 Å². The third-order valence-electron chi connectivity index (χ3n) is 2.51. The highest BCUT2D eigenvalue weighted by Crippen LogP contribution is 2.17. The molecule has 0 aliphatic carbocycles. The monoisotopic (exact) mass is 209 g/mol. The van der Waals surface area contributed by atoms with Crippen molar-refractivity contribution in [2.24, 2.45) is 0 Å². The SMILES string of the molecule is Cc1ccccc1C(O)CN(C)CCO. The Morgan fingerprint density at radius 1 is 1.33 bits per heavy atom. The molecule has 1 aromatic carbocycles. The fraction of sp³-hybridized carbons (Fsp3) is 0.500. The highest BCUT2D eigenvalue weighted by molar-refractivity contribution is 5.27. The predicted octanol–water partition coefficient (Wildman–Crippen LogP) is 0.953. The third-order valence-corrected chi connectivity index (χ3v) is 2.51. The minimum atomic E-state index is -0.484. The number of aryl methyl sites for hydroxylation is 1. The van der Waals surface area contributed by atoms with Crippen molar-refractivity contribution in [2.75, 3.05) is 26.7 Å². The summed E-state index contributed by atoms with van der Waals surface area (Å²) in [4.78, 5) is 1.91. The van der Waals surface area contributed by atoms with Crippen molar-refractivity contribution < 1.29 is 10.2 Å². The lowest BCUT2D eigenvalue weighted by Crippen LogP contribution is -2.27. The van der Waals surface area contributed by atoms with E-state index in [1.54, 1.807) is 0 Å². The highest BCUT2D eigenvalue weighted by atomic mass is 16.3. The van der Waals surface area contributed by atoms with Crippen LogP contribution in [0.4, 0.5) is 0 Å². The first-order chi connectivity index (χ1) is 7.15. The summed E-state index contributed by atoms with van der Waals surface area (Å²) in [6.45, 7) is 3.25. The number of aliphatic hydroxyl groups is 2. The van der Waals surface area contributed by atoms with Crippen LogP contribution in [0.5, 0.6) is 0 Å². The van der Waals surface area contributed by atoms with E-state index in [2.05, 4.69) is 0 Å². The van der Waals surface area contributed by atoms with Crippen molar-refractivity contribution in [1.82, 2.24) is 4.90 Å². The van der Waals surface area contributed by atoms with Crippen molar-refractivity contribution in [2.45, 2.75) is 13.0 Å². The summed E-state index contributed by atoms with van der Waals surface area (Å²) in [5, 5.41) is 18.7. The van der Waals surface area contributed by atoms with E-state index in [1.165, 1.54) is 0 Å². The highest BCUT2D eigenvalue weighted by Gasteiger charge is 2.11. The molecule has 0 heterocycles. The van der Waals surface area contributed by atoms with Crippen molar-refractivity contribution in [3.05, 3.63) is 35.4 Å². The van der Waals surface area contributed by atoms with E-state index in [9.17, 15) is 5.11 Å². The number of aliphatic hydroxyl groups excluding tert-OH is 2. The normalized spacial score (nSPS) is 13.1. The third kappa shape index (κ3) is 3.63. The van der Waals surface area contributed by atoms with Crippen LogP contribution >= 0.6 is 0 Å². The molecule has 0 aliphatic rings. The van der Waals surface area contributed by atoms with E-state index in [1.807, 2.05) is 43.1 Å². The van der Waals surface area contributed by atoms with E-state index in [-0.39, 0.29) is 6.61 Å². The first-order valence-corrected chi connectivity index (χ1v) is 5.18. The average molecular weight is 209 g/mol. The number of hydrogen-bond acceptors (Lipinski definition) is 3. The minimum Gasteiger partial charge on any atom is -0.395 e. The average Bonchev–Trinajstić information content (AvgIpc) is 2.18. The topological polar surface area (TPSA) is 43.7 Å². The molecule has 0 saturated heterocycles. The zero-order valence-corrected chi connectivity index (χ0v) is 9.35. The van der Waals surface area contributed by atoms with Gasteiger partial charge in [0.25, 0.3) is 0 Å². The molecule has 84 valence electrons. The molecule has 15 heavy (non-hydrogen) atoms. The quantitative estimate of drug-likeness (QED) is 0.759. The molecule has 0 bridgehead atoms. The Bertz CT molecular complexity index is 301. The van der Waals surface area contributed by atoms with Crippen molar-refractivity contribution in [3.63, 3.8) is 0 Å². The molecule has 0 aliphatic heterocycles. The lowest BCUT2D eigenvalue weighted by Gasteiger charge is -2.20. The number of likely N-dealkylation sites (N-methyl/N-ethyl adjacent to an activating group) is 1. The fourth-order valence-corrected chi connectivity index (χ4v) is 1.62. The van der Waals surface area contributed by atoms with Gasteiger partial charge < -0.3 is 15.1 Å². The standard InChI is InChI=1S/C12H19NO2/c1-10-5-3-4-6-11(10)12(15)9-13(2)7-8-14/h3-6,12,14-15H,7-9H2,1-2H3. The Hall–Kier alpha value is -0.900. The second kappa shape index (κ2) is 5.85. The van der Waals surface area contributed by atoms with Gasteiger partial charge in [-0.3, -0.25) is 0 Å². The van der Waals surface area contributed by atoms with Crippen molar-refractivity contribution in [3.8, 4) is 0 Å². The molecule has 0 fully saturated rings. The van der Waals surface area contributed by atoms with Gasteiger partial charge in [-0.25, -0.2) is 0 Å². The van der Waals surface area contributed by atoms with Crippen molar-refractivity contribution in [1.29, 1.82) is 0 Å². The van der Waals surface area contributed by atoms with Gasteiger partial charge in [-0.15, -0.1) is 0 Å². The molecule has 2 N–H and O–H groups in total. The van der Waals surface area contributed by atoms with Gasteiger partial charge in [0, 0.05) is 13.1 Å². The van der Waals surface area contributed by atoms with Gasteiger partial charge in [-0.2, -0.15) is 0 Å². The smallest absolute Gasteiger partial charge is 0.0919 e. The maximum Gasteiger partial charge on any atom is 0.0919 e. The van der Waals surface area contributed by atoms with Gasteiger partial charge in [-0.05, 0) is 25.1 Å². The van der Waals surface area contributed by atoms with Crippen LogP contribution in [-0.4, -0.2) is 41.9 Å². The number of nitrogens with zero attached hydrogens (tertiary/aromatic N) is 1. The summed E-state index contributed by atoms with van der Waals surface area (Å²) in [6, 6.07) is 7.82. The molecule has 1 atom stereocenters. The van der Waals surface area contributed by atoms with Crippen LogP contribution < -0.4 is 0 Å². The minimum absolute atomic E-state index is 0.122. The molecule has 3 nitrogen and oxygen atoms in total. The molecule has 1 aromatic rings. The van der Waals surface area contributed by atoms with Crippen molar-refractivity contribution >= 4 is 0 Å². The first kappa shape index (κ1) is 12.2.